The first kappa shape index (κ1) is 18.4. The maximum atomic E-state index is 13.2. The Bertz CT molecular complexity index is 1120. The van der Waals surface area contributed by atoms with Gasteiger partial charge in [0.05, 0.1) is 27.8 Å². The van der Waals surface area contributed by atoms with Gasteiger partial charge in [-0.05, 0) is 24.3 Å². The third kappa shape index (κ3) is 3.20. The lowest BCUT2D eigenvalue weighted by atomic mass is 10.1. The van der Waals surface area contributed by atoms with Crippen molar-refractivity contribution >= 4 is 34.4 Å². The third-order valence-corrected chi connectivity index (χ3v) is 5.20. The molecule has 0 radical (unpaired) electrons. The number of carbonyl (C=O) groups is 1. The van der Waals surface area contributed by atoms with Crippen molar-refractivity contribution in [1.29, 1.82) is 0 Å². The molecule has 0 unspecified atom stereocenters. The SMILES string of the molecule is Cn1c(=O)c(N2CCN(C(=O)c3ccc(F)cc3Cl)CC2)nc2ccncc21. The predicted octanol–water partition coefficient (Wildman–Crippen LogP) is 2.08. The largest absolute Gasteiger partial charge is 0.348 e. The van der Waals surface area contributed by atoms with Crippen molar-refractivity contribution < 1.29 is 9.18 Å². The monoisotopic (exact) mass is 401 g/mol. The van der Waals surface area contributed by atoms with Crippen LogP contribution in [0.1, 0.15) is 10.4 Å². The minimum absolute atomic E-state index is 0.0890. The fraction of sp³-hybridized carbons (Fsp3) is 0.263. The van der Waals surface area contributed by atoms with Crippen LogP contribution in [0.2, 0.25) is 5.02 Å². The van der Waals surface area contributed by atoms with Crippen molar-refractivity contribution in [3.63, 3.8) is 0 Å². The molecule has 1 saturated heterocycles. The van der Waals surface area contributed by atoms with Crippen LogP contribution < -0.4 is 10.5 Å². The molecule has 28 heavy (non-hydrogen) atoms. The predicted molar refractivity (Wildman–Crippen MR) is 104 cm³/mol. The van der Waals surface area contributed by atoms with E-state index >= 15 is 0 Å². The van der Waals surface area contributed by atoms with Gasteiger partial charge >= 0.3 is 0 Å². The second-order valence-electron chi connectivity index (χ2n) is 6.57. The highest BCUT2D eigenvalue weighted by Gasteiger charge is 2.26. The molecule has 0 spiro atoms. The summed E-state index contributed by atoms with van der Waals surface area (Å²) in [6.07, 6.45) is 3.24. The lowest BCUT2D eigenvalue weighted by Gasteiger charge is -2.35. The van der Waals surface area contributed by atoms with E-state index in [2.05, 4.69) is 9.97 Å². The fourth-order valence-corrected chi connectivity index (χ4v) is 3.56. The van der Waals surface area contributed by atoms with E-state index in [1.807, 2.05) is 4.90 Å². The Morgan fingerprint density at radius 3 is 2.64 bits per heavy atom. The molecular formula is C19H17ClFN5O2. The number of aromatic nitrogens is 3. The molecule has 3 heterocycles. The number of piperazine rings is 1. The number of rotatable bonds is 2. The molecule has 1 aliphatic heterocycles. The molecular weight excluding hydrogens is 385 g/mol. The fourth-order valence-electron chi connectivity index (χ4n) is 3.31. The van der Waals surface area contributed by atoms with Crippen molar-refractivity contribution in [2.45, 2.75) is 0 Å². The topological polar surface area (TPSA) is 71.3 Å². The second kappa shape index (κ2) is 7.20. The van der Waals surface area contributed by atoms with Crippen LogP contribution in [0.5, 0.6) is 0 Å². The molecule has 7 nitrogen and oxygen atoms in total. The smallest absolute Gasteiger partial charge is 0.293 e. The van der Waals surface area contributed by atoms with Crippen LogP contribution in [0.25, 0.3) is 11.0 Å². The Kier molecular flexibility index (Phi) is 4.72. The normalized spacial score (nSPS) is 14.5. The number of amides is 1. The Labute approximate surface area is 165 Å². The number of halogens is 2. The summed E-state index contributed by atoms with van der Waals surface area (Å²) in [5, 5.41) is 0.0890. The zero-order valence-electron chi connectivity index (χ0n) is 15.1. The van der Waals surface area contributed by atoms with Gasteiger partial charge < -0.3 is 14.4 Å². The van der Waals surface area contributed by atoms with Crippen LogP contribution in [-0.2, 0) is 7.05 Å². The number of hydrogen-bond donors (Lipinski definition) is 0. The van der Waals surface area contributed by atoms with Crippen LogP contribution in [0, 0.1) is 5.82 Å². The first-order valence-electron chi connectivity index (χ1n) is 8.76. The first-order valence-corrected chi connectivity index (χ1v) is 9.13. The lowest BCUT2D eigenvalue weighted by Crippen LogP contribution is -2.50. The van der Waals surface area contributed by atoms with E-state index in [9.17, 15) is 14.0 Å². The molecule has 1 fully saturated rings. The van der Waals surface area contributed by atoms with E-state index < -0.39 is 5.82 Å². The Morgan fingerprint density at radius 2 is 1.93 bits per heavy atom. The molecule has 0 saturated carbocycles. The third-order valence-electron chi connectivity index (χ3n) is 4.89. The van der Waals surface area contributed by atoms with E-state index in [4.69, 9.17) is 11.6 Å². The summed E-state index contributed by atoms with van der Waals surface area (Å²) >= 11 is 6.00. The van der Waals surface area contributed by atoms with Gasteiger partial charge in [-0.25, -0.2) is 9.37 Å². The average molecular weight is 402 g/mol. The van der Waals surface area contributed by atoms with Crippen LogP contribution in [0.4, 0.5) is 10.2 Å². The molecule has 9 heteroatoms. The maximum Gasteiger partial charge on any atom is 0.293 e. The number of carbonyl (C=O) groups excluding carboxylic acids is 1. The molecule has 4 rings (SSSR count). The number of pyridine rings is 1. The van der Waals surface area contributed by atoms with Gasteiger partial charge in [0, 0.05) is 39.4 Å². The number of fused-ring (bicyclic) bond motifs is 1. The van der Waals surface area contributed by atoms with Gasteiger partial charge in [-0.3, -0.25) is 14.6 Å². The summed E-state index contributed by atoms with van der Waals surface area (Å²) in [6.45, 7) is 1.74. The van der Waals surface area contributed by atoms with Crippen molar-refractivity contribution in [2.24, 2.45) is 7.05 Å². The summed E-state index contributed by atoms with van der Waals surface area (Å²) in [7, 11) is 1.69. The minimum Gasteiger partial charge on any atom is -0.348 e. The van der Waals surface area contributed by atoms with Gasteiger partial charge in [-0.2, -0.15) is 0 Å². The van der Waals surface area contributed by atoms with Crippen LogP contribution in [0.3, 0.4) is 0 Å². The molecule has 0 atom stereocenters. The Hall–Kier alpha value is -3.00. The number of hydrogen-bond acceptors (Lipinski definition) is 5. The Balaban J connectivity index is 1.55. The van der Waals surface area contributed by atoms with Crippen molar-refractivity contribution in [1.82, 2.24) is 19.4 Å². The molecule has 1 amide bonds. The number of aryl methyl sites for hydroxylation is 1. The van der Waals surface area contributed by atoms with Gasteiger partial charge in [-0.1, -0.05) is 11.6 Å². The summed E-state index contributed by atoms with van der Waals surface area (Å²) in [4.78, 5) is 37.4. The number of nitrogens with zero attached hydrogens (tertiary/aromatic N) is 5. The minimum atomic E-state index is -0.486. The highest BCUT2D eigenvalue weighted by atomic mass is 35.5. The Morgan fingerprint density at radius 1 is 1.18 bits per heavy atom. The van der Waals surface area contributed by atoms with Gasteiger partial charge in [0.1, 0.15) is 5.82 Å². The van der Waals surface area contributed by atoms with Crippen LogP contribution in [0.15, 0.2) is 41.5 Å². The number of anilines is 1. The van der Waals surface area contributed by atoms with E-state index in [-0.39, 0.29) is 22.1 Å². The van der Waals surface area contributed by atoms with Gasteiger partial charge in [0.15, 0.2) is 5.82 Å². The van der Waals surface area contributed by atoms with Crippen LogP contribution in [-0.4, -0.2) is 51.5 Å². The second-order valence-corrected chi connectivity index (χ2v) is 6.97. The van der Waals surface area contributed by atoms with E-state index in [0.29, 0.717) is 43.0 Å². The molecule has 0 bridgehead atoms. The van der Waals surface area contributed by atoms with Gasteiger partial charge in [-0.15, -0.1) is 0 Å². The summed E-state index contributed by atoms with van der Waals surface area (Å²) in [5.74, 6) is -0.386. The zero-order valence-corrected chi connectivity index (χ0v) is 15.9. The lowest BCUT2D eigenvalue weighted by molar-refractivity contribution is 0.0746. The molecule has 1 aliphatic rings. The molecule has 2 aromatic heterocycles. The molecule has 1 aromatic carbocycles. The summed E-state index contributed by atoms with van der Waals surface area (Å²) in [5.41, 5.74) is 1.41. The van der Waals surface area contributed by atoms with E-state index in [1.165, 1.54) is 16.7 Å². The van der Waals surface area contributed by atoms with E-state index in [0.717, 1.165) is 6.07 Å². The first-order chi connectivity index (χ1) is 13.5. The van der Waals surface area contributed by atoms with E-state index in [1.54, 1.807) is 30.4 Å². The molecule has 0 aliphatic carbocycles. The van der Waals surface area contributed by atoms with Crippen LogP contribution >= 0.6 is 11.6 Å². The quantitative estimate of drug-likeness (QED) is 0.657. The highest BCUT2D eigenvalue weighted by Crippen LogP contribution is 2.21. The molecule has 3 aromatic rings. The average Bonchev–Trinajstić information content (AvgIpc) is 2.70. The highest BCUT2D eigenvalue weighted by molar-refractivity contribution is 6.33. The van der Waals surface area contributed by atoms with Crippen molar-refractivity contribution in [2.75, 3.05) is 31.1 Å². The maximum absolute atomic E-state index is 13.2. The molecule has 144 valence electrons. The zero-order chi connectivity index (χ0) is 19.8. The summed E-state index contributed by atoms with van der Waals surface area (Å²) in [6, 6.07) is 5.49. The van der Waals surface area contributed by atoms with Gasteiger partial charge in [0.2, 0.25) is 0 Å². The summed E-state index contributed by atoms with van der Waals surface area (Å²) < 4.78 is 14.7. The van der Waals surface area contributed by atoms with Crippen molar-refractivity contribution in [3.05, 3.63) is 63.4 Å². The van der Waals surface area contributed by atoms with Crippen molar-refractivity contribution in [3.8, 4) is 0 Å². The standard InChI is InChI=1S/C19H17ClFN5O2/c1-24-16-11-22-5-4-15(16)23-17(19(24)28)25-6-8-26(9-7-25)18(27)13-3-2-12(21)10-14(13)20/h2-5,10-11H,6-9H2,1H3. The van der Waals surface area contributed by atoms with Gasteiger partial charge in [0.25, 0.3) is 11.5 Å². The molecule has 0 N–H and O–H groups in total. The number of benzene rings is 1.